The topological polar surface area (TPSA) is 92.2 Å². The number of hydrogen-bond donors (Lipinski definition) is 2. The van der Waals surface area contributed by atoms with Crippen molar-refractivity contribution in [2.24, 2.45) is 5.92 Å². The summed E-state index contributed by atoms with van der Waals surface area (Å²) in [5.74, 6) is -0.852. The molecule has 2 rings (SSSR count). The summed E-state index contributed by atoms with van der Waals surface area (Å²) in [5.41, 5.74) is -0.963. The van der Waals surface area contributed by atoms with Crippen LogP contribution >= 0.6 is 11.7 Å². The normalized spacial score (nSPS) is 26.9. The molecule has 6 nitrogen and oxygen atoms in total. The van der Waals surface area contributed by atoms with Crippen LogP contribution in [0.2, 0.25) is 0 Å². The van der Waals surface area contributed by atoms with Gasteiger partial charge in [-0.15, -0.1) is 0 Å². The molecule has 1 fully saturated rings. The first-order valence-electron chi connectivity index (χ1n) is 6.41. The van der Waals surface area contributed by atoms with E-state index in [9.17, 15) is 14.7 Å². The van der Waals surface area contributed by atoms with Crippen molar-refractivity contribution in [2.45, 2.75) is 44.6 Å². The Balaban J connectivity index is 2.09. The molecular weight excluding hydrogens is 266 g/mol. The third-order valence-corrected chi connectivity index (χ3v) is 4.37. The first-order chi connectivity index (χ1) is 9.07. The van der Waals surface area contributed by atoms with Crippen molar-refractivity contribution in [2.75, 3.05) is 0 Å². The van der Waals surface area contributed by atoms with E-state index in [1.165, 1.54) is 6.20 Å². The van der Waals surface area contributed by atoms with Crippen LogP contribution in [-0.4, -0.2) is 31.3 Å². The van der Waals surface area contributed by atoms with Gasteiger partial charge in [0.15, 0.2) is 5.69 Å². The van der Waals surface area contributed by atoms with Crippen LogP contribution in [0.15, 0.2) is 6.20 Å². The quantitative estimate of drug-likeness (QED) is 0.877. The smallest absolute Gasteiger partial charge is 0.329 e. The van der Waals surface area contributed by atoms with Gasteiger partial charge in [-0.2, -0.15) is 8.75 Å². The predicted molar refractivity (Wildman–Crippen MR) is 70.0 cm³/mol. The zero-order valence-corrected chi connectivity index (χ0v) is 11.6. The average Bonchev–Trinajstić information content (AvgIpc) is 2.93. The summed E-state index contributed by atoms with van der Waals surface area (Å²) in [7, 11) is 0. The Bertz CT molecular complexity index is 453. The van der Waals surface area contributed by atoms with Crippen LogP contribution in [0.5, 0.6) is 0 Å². The molecule has 7 heteroatoms. The number of carboxylic acids is 1. The fraction of sp³-hybridized carbons (Fsp3) is 0.667. The summed E-state index contributed by atoms with van der Waals surface area (Å²) >= 11 is 0.933. The van der Waals surface area contributed by atoms with Gasteiger partial charge in [-0.1, -0.05) is 13.3 Å². The maximum absolute atomic E-state index is 12.0. The number of carbonyl (C=O) groups is 2. The van der Waals surface area contributed by atoms with Gasteiger partial charge in [0, 0.05) is 0 Å². The standard InChI is InChI=1S/C12H17N3O3S/c1-2-8-3-5-12(6-4-8,11(17)18)14-10(16)9-7-13-19-15-9/h7-8H,2-6H2,1H3,(H,14,16)(H,17,18). The Morgan fingerprint density at radius 2 is 2.21 bits per heavy atom. The molecule has 0 aliphatic heterocycles. The molecule has 0 spiro atoms. The van der Waals surface area contributed by atoms with E-state index in [2.05, 4.69) is 21.0 Å². The van der Waals surface area contributed by atoms with Crippen molar-refractivity contribution in [3.63, 3.8) is 0 Å². The minimum Gasteiger partial charge on any atom is -0.480 e. The van der Waals surface area contributed by atoms with Gasteiger partial charge in [0.05, 0.1) is 17.9 Å². The molecule has 1 saturated carbocycles. The van der Waals surface area contributed by atoms with E-state index in [1.54, 1.807) is 0 Å². The lowest BCUT2D eigenvalue weighted by atomic mass is 9.75. The Labute approximate surface area is 115 Å². The summed E-state index contributed by atoms with van der Waals surface area (Å²) in [6.07, 6.45) is 5.03. The summed E-state index contributed by atoms with van der Waals surface area (Å²) in [6.45, 7) is 2.11. The molecule has 0 unspecified atom stereocenters. The van der Waals surface area contributed by atoms with Crippen LogP contribution in [0.3, 0.4) is 0 Å². The molecule has 1 aromatic rings. The van der Waals surface area contributed by atoms with Gasteiger partial charge in [-0.3, -0.25) is 4.79 Å². The molecule has 2 N–H and O–H groups in total. The number of carboxylic acid groups (broad SMARTS) is 1. The van der Waals surface area contributed by atoms with E-state index in [4.69, 9.17) is 0 Å². The van der Waals surface area contributed by atoms with Crippen LogP contribution in [0, 0.1) is 5.92 Å². The highest BCUT2D eigenvalue weighted by Crippen LogP contribution is 2.34. The second-order valence-electron chi connectivity index (χ2n) is 4.99. The van der Waals surface area contributed by atoms with Crippen molar-refractivity contribution in [1.82, 2.24) is 14.1 Å². The SMILES string of the molecule is CCC1CCC(NC(=O)c2cnsn2)(C(=O)O)CC1. The predicted octanol–water partition coefficient (Wildman–Crippen LogP) is 1.69. The lowest BCUT2D eigenvalue weighted by Crippen LogP contribution is -2.56. The third kappa shape index (κ3) is 2.91. The van der Waals surface area contributed by atoms with E-state index >= 15 is 0 Å². The van der Waals surface area contributed by atoms with E-state index in [0.717, 1.165) is 31.0 Å². The number of rotatable bonds is 4. The molecule has 1 aromatic heterocycles. The Morgan fingerprint density at radius 3 is 2.68 bits per heavy atom. The van der Waals surface area contributed by atoms with Crippen molar-refractivity contribution < 1.29 is 14.7 Å². The van der Waals surface area contributed by atoms with Gasteiger partial charge < -0.3 is 10.4 Å². The zero-order valence-electron chi connectivity index (χ0n) is 10.8. The van der Waals surface area contributed by atoms with E-state index in [1.807, 2.05) is 0 Å². The van der Waals surface area contributed by atoms with Crippen LogP contribution in [0.1, 0.15) is 49.5 Å². The average molecular weight is 283 g/mol. The fourth-order valence-corrected chi connectivity index (χ4v) is 2.93. The van der Waals surface area contributed by atoms with Crippen LogP contribution < -0.4 is 5.32 Å². The second kappa shape index (κ2) is 5.64. The largest absolute Gasteiger partial charge is 0.480 e. The highest BCUT2D eigenvalue weighted by Gasteiger charge is 2.43. The molecular formula is C12H17N3O3S. The number of nitrogens with one attached hydrogen (secondary N) is 1. The molecule has 19 heavy (non-hydrogen) atoms. The van der Waals surface area contributed by atoms with Gasteiger partial charge in [-0.25, -0.2) is 4.79 Å². The van der Waals surface area contributed by atoms with E-state index in [-0.39, 0.29) is 5.69 Å². The molecule has 0 atom stereocenters. The molecule has 0 saturated heterocycles. The maximum atomic E-state index is 12.0. The minimum absolute atomic E-state index is 0.184. The van der Waals surface area contributed by atoms with Crippen molar-refractivity contribution in [3.05, 3.63) is 11.9 Å². The van der Waals surface area contributed by atoms with Gasteiger partial charge >= 0.3 is 5.97 Å². The zero-order chi connectivity index (χ0) is 13.9. The number of hydrogen-bond acceptors (Lipinski definition) is 5. The Morgan fingerprint density at radius 1 is 1.53 bits per heavy atom. The first-order valence-corrected chi connectivity index (χ1v) is 7.14. The van der Waals surface area contributed by atoms with Gasteiger partial charge in [0.1, 0.15) is 5.54 Å². The van der Waals surface area contributed by atoms with Gasteiger partial charge in [0.25, 0.3) is 5.91 Å². The Hall–Kier alpha value is -1.50. The number of carbonyl (C=O) groups excluding carboxylic acids is 1. The van der Waals surface area contributed by atoms with Crippen LogP contribution in [0.25, 0.3) is 0 Å². The molecule has 0 radical (unpaired) electrons. The van der Waals surface area contributed by atoms with Gasteiger partial charge in [0.2, 0.25) is 0 Å². The molecule has 0 aromatic carbocycles. The lowest BCUT2D eigenvalue weighted by molar-refractivity contribution is -0.146. The van der Waals surface area contributed by atoms with E-state index < -0.39 is 17.4 Å². The monoisotopic (exact) mass is 283 g/mol. The summed E-state index contributed by atoms with van der Waals surface area (Å²) in [6, 6.07) is 0. The molecule has 1 amide bonds. The molecule has 1 heterocycles. The molecule has 104 valence electrons. The highest BCUT2D eigenvalue weighted by molar-refractivity contribution is 6.99. The number of nitrogens with zero attached hydrogens (tertiary/aromatic N) is 2. The van der Waals surface area contributed by atoms with Crippen molar-refractivity contribution in [1.29, 1.82) is 0 Å². The molecule has 1 aliphatic carbocycles. The van der Waals surface area contributed by atoms with Gasteiger partial charge in [-0.05, 0) is 31.6 Å². The van der Waals surface area contributed by atoms with Crippen LogP contribution in [-0.2, 0) is 4.79 Å². The summed E-state index contributed by atoms with van der Waals surface area (Å²) < 4.78 is 7.58. The first kappa shape index (κ1) is 13.9. The maximum Gasteiger partial charge on any atom is 0.329 e. The lowest BCUT2D eigenvalue weighted by Gasteiger charge is -2.37. The Kier molecular flexibility index (Phi) is 4.14. The molecule has 0 bridgehead atoms. The summed E-state index contributed by atoms with van der Waals surface area (Å²) in [5, 5.41) is 12.1. The number of aliphatic carboxylic acids is 1. The molecule has 1 aliphatic rings. The number of aromatic nitrogens is 2. The number of amides is 1. The fourth-order valence-electron chi connectivity index (χ4n) is 2.52. The summed E-state index contributed by atoms with van der Waals surface area (Å²) in [4.78, 5) is 23.5. The van der Waals surface area contributed by atoms with Crippen molar-refractivity contribution >= 4 is 23.6 Å². The van der Waals surface area contributed by atoms with Crippen molar-refractivity contribution in [3.8, 4) is 0 Å². The minimum atomic E-state index is -1.15. The highest BCUT2D eigenvalue weighted by atomic mass is 32.1. The van der Waals surface area contributed by atoms with Crippen LogP contribution in [0.4, 0.5) is 0 Å². The third-order valence-electron chi connectivity index (χ3n) is 3.89. The second-order valence-corrected chi connectivity index (χ2v) is 5.54. The van der Waals surface area contributed by atoms with E-state index in [0.29, 0.717) is 18.8 Å².